The number of allylic oxidation sites excluding steroid dienone is 1. The van der Waals surface area contributed by atoms with Gasteiger partial charge in [0.25, 0.3) is 0 Å². The van der Waals surface area contributed by atoms with Crippen molar-refractivity contribution in [1.29, 1.82) is 0 Å². The third-order valence-corrected chi connectivity index (χ3v) is 5.43. The lowest BCUT2D eigenvalue weighted by Gasteiger charge is -2.36. The Kier molecular flexibility index (Phi) is 4.26. The highest BCUT2D eigenvalue weighted by atomic mass is 16.3. The van der Waals surface area contributed by atoms with Gasteiger partial charge in [-0.3, -0.25) is 14.5 Å². The van der Waals surface area contributed by atoms with E-state index in [2.05, 4.69) is 19.2 Å². The van der Waals surface area contributed by atoms with Gasteiger partial charge in [0.15, 0.2) is 5.78 Å². The Bertz CT molecular complexity index is 1010. The van der Waals surface area contributed by atoms with E-state index < -0.39 is 6.04 Å². The number of fused-ring (bicyclic) bond motifs is 1. The highest BCUT2D eigenvalue weighted by Gasteiger charge is 2.42. The highest BCUT2D eigenvalue weighted by molar-refractivity contribution is 6.05. The summed E-state index contributed by atoms with van der Waals surface area (Å²) in [6, 6.07) is 13.8. The molecule has 0 saturated carbocycles. The zero-order chi connectivity index (χ0) is 20.1. The molecular formula is C23H24N2O3. The van der Waals surface area contributed by atoms with E-state index >= 15 is 0 Å². The van der Waals surface area contributed by atoms with Crippen LogP contribution < -0.4 is 10.2 Å². The number of hydrogen-bond acceptors (Lipinski definition) is 4. The van der Waals surface area contributed by atoms with Gasteiger partial charge < -0.3 is 10.4 Å². The maximum absolute atomic E-state index is 13.3. The molecule has 1 atom stereocenters. The van der Waals surface area contributed by atoms with E-state index in [4.69, 9.17) is 0 Å². The summed E-state index contributed by atoms with van der Waals surface area (Å²) in [7, 11) is 0. The first-order valence-electron chi connectivity index (χ1n) is 9.48. The Hall–Kier alpha value is -3.08. The third-order valence-electron chi connectivity index (χ3n) is 5.43. The molecule has 5 heteroatoms. The normalized spacial score (nSPS) is 20.8. The van der Waals surface area contributed by atoms with Crippen LogP contribution in [0.15, 0.2) is 59.8 Å². The van der Waals surface area contributed by atoms with Crippen LogP contribution in [-0.2, 0) is 9.59 Å². The number of rotatable bonds is 1. The minimum absolute atomic E-state index is 0.0335. The molecule has 2 aromatic carbocycles. The quantitative estimate of drug-likeness (QED) is 0.766. The number of nitrogens with zero attached hydrogens (tertiary/aromatic N) is 1. The summed E-state index contributed by atoms with van der Waals surface area (Å²) in [5.41, 5.74) is 3.55. The van der Waals surface area contributed by atoms with Gasteiger partial charge in [0.05, 0.1) is 17.4 Å². The van der Waals surface area contributed by atoms with Gasteiger partial charge in [-0.2, -0.15) is 0 Å². The molecule has 0 fully saturated rings. The number of nitrogens with one attached hydrogen (secondary N) is 1. The second-order valence-electron chi connectivity index (χ2n) is 8.36. The molecular weight excluding hydrogens is 352 g/mol. The highest BCUT2D eigenvalue weighted by Crippen LogP contribution is 2.48. The van der Waals surface area contributed by atoms with Gasteiger partial charge in [0, 0.05) is 24.6 Å². The monoisotopic (exact) mass is 376 g/mol. The topological polar surface area (TPSA) is 69.6 Å². The summed E-state index contributed by atoms with van der Waals surface area (Å²) in [6.07, 6.45) is 1.13. The number of phenolic OH excluding ortho intramolecular Hbond substituents is 1. The van der Waals surface area contributed by atoms with E-state index in [0.717, 1.165) is 17.1 Å². The van der Waals surface area contributed by atoms with Crippen LogP contribution >= 0.6 is 0 Å². The molecule has 0 spiro atoms. The molecule has 1 aliphatic heterocycles. The zero-order valence-electron chi connectivity index (χ0n) is 16.3. The summed E-state index contributed by atoms with van der Waals surface area (Å²) in [6.45, 7) is 5.67. The predicted octanol–water partition coefficient (Wildman–Crippen LogP) is 4.56. The molecule has 0 bridgehead atoms. The number of hydrogen-bond donors (Lipinski definition) is 2. The molecule has 28 heavy (non-hydrogen) atoms. The molecule has 1 heterocycles. The summed E-state index contributed by atoms with van der Waals surface area (Å²) in [5, 5.41) is 13.5. The first-order chi connectivity index (χ1) is 13.3. The van der Waals surface area contributed by atoms with Crippen molar-refractivity contribution in [3.05, 3.63) is 65.4 Å². The Morgan fingerprint density at radius 1 is 1.14 bits per heavy atom. The second kappa shape index (κ2) is 6.51. The van der Waals surface area contributed by atoms with Crippen molar-refractivity contribution in [2.45, 2.75) is 39.7 Å². The lowest BCUT2D eigenvalue weighted by atomic mass is 9.73. The van der Waals surface area contributed by atoms with Crippen molar-refractivity contribution in [2.24, 2.45) is 5.41 Å². The maximum atomic E-state index is 13.3. The molecule has 5 nitrogen and oxygen atoms in total. The van der Waals surface area contributed by atoms with Crippen molar-refractivity contribution >= 4 is 23.1 Å². The largest absolute Gasteiger partial charge is 0.508 e. The molecule has 0 saturated heterocycles. The number of aromatic hydroxyl groups is 1. The number of benzene rings is 2. The molecule has 2 aromatic rings. The summed E-state index contributed by atoms with van der Waals surface area (Å²) < 4.78 is 0. The average Bonchev–Trinajstić information content (AvgIpc) is 2.74. The third kappa shape index (κ3) is 3.07. The van der Waals surface area contributed by atoms with Crippen LogP contribution in [-0.4, -0.2) is 16.8 Å². The van der Waals surface area contributed by atoms with E-state index in [1.807, 2.05) is 30.3 Å². The molecule has 1 aliphatic carbocycles. The van der Waals surface area contributed by atoms with Gasteiger partial charge in [0.1, 0.15) is 5.75 Å². The molecule has 1 amide bonds. The number of Topliss-reactive ketones (excluding diaryl/α,β-unsaturated/α-hetero) is 1. The number of anilines is 2. The summed E-state index contributed by atoms with van der Waals surface area (Å²) >= 11 is 0. The Morgan fingerprint density at radius 2 is 1.89 bits per heavy atom. The van der Waals surface area contributed by atoms with E-state index in [1.165, 1.54) is 6.92 Å². The van der Waals surface area contributed by atoms with Crippen LogP contribution in [0.2, 0.25) is 0 Å². The minimum atomic E-state index is -0.584. The first-order valence-corrected chi connectivity index (χ1v) is 9.48. The fraction of sp³-hybridized carbons (Fsp3) is 0.304. The van der Waals surface area contributed by atoms with Crippen molar-refractivity contribution in [3.63, 3.8) is 0 Å². The van der Waals surface area contributed by atoms with Crippen LogP contribution in [0.25, 0.3) is 0 Å². The van der Waals surface area contributed by atoms with Crippen LogP contribution in [0.5, 0.6) is 5.75 Å². The Morgan fingerprint density at radius 3 is 2.61 bits per heavy atom. The number of carbonyl (C=O) groups excluding carboxylic acids is 2. The van der Waals surface area contributed by atoms with Crippen molar-refractivity contribution in [2.75, 3.05) is 10.2 Å². The molecule has 0 aromatic heterocycles. The van der Waals surface area contributed by atoms with Gasteiger partial charge in [-0.15, -0.1) is 0 Å². The zero-order valence-corrected chi connectivity index (χ0v) is 16.3. The predicted molar refractivity (Wildman–Crippen MR) is 109 cm³/mol. The fourth-order valence-corrected chi connectivity index (χ4v) is 4.35. The standard InChI is InChI=1S/C23H24N2O3/c1-14(26)25-19-10-5-4-9-17(19)24-18-12-23(2,3)13-20(28)21(18)22(25)15-7-6-8-16(27)11-15/h4-11,22,24,27H,12-13H2,1-3H3/t22-/m0/s1. The van der Waals surface area contributed by atoms with Crippen LogP contribution in [0.4, 0.5) is 11.4 Å². The average molecular weight is 376 g/mol. The van der Waals surface area contributed by atoms with E-state index in [-0.39, 0.29) is 22.9 Å². The molecule has 0 radical (unpaired) electrons. The Balaban J connectivity index is 2.02. The van der Waals surface area contributed by atoms with Crippen molar-refractivity contribution in [3.8, 4) is 5.75 Å². The van der Waals surface area contributed by atoms with Gasteiger partial charge in [-0.25, -0.2) is 0 Å². The minimum Gasteiger partial charge on any atom is -0.508 e. The van der Waals surface area contributed by atoms with Crippen LogP contribution in [0.3, 0.4) is 0 Å². The molecule has 4 rings (SSSR count). The lowest BCUT2D eigenvalue weighted by Crippen LogP contribution is -2.38. The van der Waals surface area contributed by atoms with E-state index in [1.54, 1.807) is 23.1 Å². The van der Waals surface area contributed by atoms with E-state index in [0.29, 0.717) is 24.0 Å². The van der Waals surface area contributed by atoms with Gasteiger partial charge in [0.2, 0.25) is 5.91 Å². The molecule has 2 aliphatic rings. The SMILES string of the molecule is CC(=O)N1c2ccccc2NC2=C(C(=O)CC(C)(C)C2)[C@@H]1c1cccc(O)c1. The number of phenols is 1. The van der Waals surface area contributed by atoms with Crippen LogP contribution in [0, 0.1) is 5.41 Å². The smallest absolute Gasteiger partial charge is 0.224 e. The van der Waals surface area contributed by atoms with Crippen LogP contribution in [0.1, 0.15) is 45.2 Å². The molecule has 0 unspecified atom stereocenters. The Labute approximate surface area is 164 Å². The maximum Gasteiger partial charge on any atom is 0.224 e. The first kappa shape index (κ1) is 18.3. The van der Waals surface area contributed by atoms with E-state index in [9.17, 15) is 14.7 Å². The fourth-order valence-electron chi connectivity index (χ4n) is 4.35. The van der Waals surface area contributed by atoms with Gasteiger partial charge in [-0.1, -0.05) is 38.1 Å². The number of amides is 1. The second-order valence-corrected chi connectivity index (χ2v) is 8.36. The lowest BCUT2D eigenvalue weighted by molar-refractivity contribution is -0.118. The van der Waals surface area contributed by atoms with Crippen molar-refractivity contribution in [1.82, 2.24) is 0 Å². The van der Waals surface area contributed by atoms with Gasteiger partial charge >= 0.3 is 0 Å². The molecule has 144 valence electrons. The number of carbonyl (C=O) groups is 2. The molecule has 2 N–H and O–H groups in total. The summed E-state index contributed by atoms with van der Waals surface area (Å²) in [5.74, 6) is -0.0163. The van der Waals surface area contributed by atoms with Crippen molar-refractivity contribution < 1.29 is 14.7 Å². The summed E-state index contributed by atoms with van der Waals surface area (Å²) in [4.78, 5) is 27.7. The number of para-hydroxylation sites is 2. The van der Waals surface area contributed by atoms with Gasteiger partial charge in [-0.05, 0) is 41.7 Å². The number of ketones is 1.